The van der Waals surface area contributed by atoms with Gasteiger partial charge in [-0.2, -0.15) is 4.31 Å². The number of ether oxygens (including phenoxy) is 1. The van der Waals surface area contributed by atoms with Crippen molar-refractivity contribution in [3.8, 4) is 5.88 Å². The minimum absolute atomic E-state index is 0. The molecule has 0 aromatic carbocycles. The predicted octanol–water partition coefficient (Wildman–Crippen LogP) is 1.31. The van der Waals surface area contributed by atoms with E-state index in [9.17, 15) is 8.42 Å². The molecule has 12 heteroatoms. The first-order chi connectivity index (χ1) is 14.0. The van der Waals surface area contributed by atoms with Crippen molar-refractivity contribution >= 4 is 40.0 Å². The number of rotatable bonds is 7. The smallest absolute Gasteiger partial charge is 0.220 e. The summed E-state index contributed by atoms with van der Waals surface area (Å²) in [6.45, 7) is 5.12. The molecule has 0 unspecified atom stereocenters. The summed E-state index contributed by atoms with van der Waals surface area (Å²) in [6.07, 6.45) is 3.11. The lowest BCUT2D eigenvalue weighted by Crippen LogP contribution is -2.53. The highest BCUT2D eigenvalue weighted by Crippen LogP contribution is 2.13. The molecule has 3 heterocycles. The number of methoxy groups -OCH3 is 1. The van der Waals surface area contributed by atoms with E-state index in [2.05, 4.69) is 25.3 Å². The number of nitrogens with zero attached hydrogens (tertiary/aromatic N) is 5. The molecule has 0 spiro atoms. The monoisotopic (exact) mass is 550 g/mol. The Balaban J connectivity index is 0.00000320. The van der Waals surface area contributed by atoms with Gasteiger partial charge in [-0.05, 0) is 12.5 Å². The van der Waals surface area contributed by atoms with Crippen LogP contribution < -0.4 is 10.1 Å². The first-order valence-electron chi connectivity index (χ1n) is 9.41. The second kappa shape index (κ2) is 11.5. The third-order valence-corrected chi connectivity index (χ3v) is 6.32. The van der Waals surface area contributed by atoms with Crippen molar-refractivity contribution < 1.29 is 17.7 Å². The highest BCUT2D eigenvalue weighted by atomic mass is 127. The number of hydrogen-bond acceptors (Lipinski definition) is 7. The molecule has 3 rings (SSSR count). The zero-order valence-corrected chi connectivity index (χ0v) is 20.2. The van der Waals surface area contributed by atoms with Crippen LogP contribution >= 0.6 is 24.0 Å². The van der Waals surface area contributed by atoms with E-state index in [4.69, 9.17) is 9.26 Å². The Morgan fingerprint density at radius 2 is 2.03 bits per heavy atom. The summed E-state index contributed by atoms with van der Waals surface area (Å²) >= 11 is 0. The van der Waals surface area contributed by atoms with Gasteiger partial charge in [0.05, 0.1) is 19.3 Å². The van der Waals surface area contributed by atoms with Crippen molar-refractivity contribution in [3.05, 3.63) is 41.9 Å². The highest BCUT2D eigenvalue weighted by Gasteiger charge is 2.28. The number of hydrogen-bond donors (Lipinski definition) is 1. The summed E-state index contributed by atoms with van der Waals surface area (Å²) in [7, 11) is -1.85. The van der Waals surface area contributed by atoms with Crippen molar-refractivity contribution in [1.29, 1.82) is 0 Å². The zero-order chi connectivity index (χ0) is 20.7. The number of piperazine rings is 1. The molecule has 1 saturated heterocycles. The van der Waals surface area contributed by atoms with Gasteiger partial charge in [-0.25, -0.2) is 18.4 Å². The van der Waals surface area contributed by atoms with Gasteiger partial charge in [0.25, 0.3) is 0 Å². The first kappa shape index (κ1) is 24.3. The number of aliphatic imine (C=N–C) groups is 1. The van der Waals surface area contributed by atoms with Gasteiger partial charge < -0.3 is 19.5 Å². The van der Waals surface area contributed by atoms with E-state index in [0.717, 1.165) is 18.1 Å². The Kier molecular flexibility index (Phi) is 9.30. The number of nitrogens with one attached hydrogen (secondary N) is 1. The third kappa shape index (κ3) is 6.54. The summed E-state index contributed by atoms with van der Waals surface area (Å²) in [6, 6.07) is 5.29. The fourth-order valence-corrected chi connectivity index (χ4v) is 4.41. The molecule has 166 valence electrons. The van der Waals surface area contributed by atoms with Crippen LogP contribution in [0.3, 0.4) is 0 Å². The second-order valence-electron chi connectivity index (χ2n) is 6.51. The number of guanidine groups is 1. The van der Waals surface area contributed by atoms with Crippen LogP contribution in [0.2, 0.25) is 0 Å². The molecule has 2 aromatic heterocycles. The maximum absolute atomic E-state index is 12.6. The van der Waals surface area contributed by atoms with Gasteiger partial charge in [-0.1, -0.05) is 11.2 Å². The van der Waals surface area contributed by atoms with Gasteiger partial charge in [0.2, 0.25) is 15.9 Å². The lowest BCUT2D eigenvalue weighted by molar-refractivity contribution is 0.259. The molecule has 1 aliphatic heterocycles. The maximum atomic E-state index is 12.6. The van der Waals surface area contributed by atoms with Crippen LogP contribution in [0.1, 0.15) is 18.2 Å². The van der Waals surface area contributed by atoms with E-state index in [0.29, 0.717) is 44.3 Å². The highest BCUT2D eigenvalue weighted by molar-refractivity contribution is 14.0. The van der Waals surface area contributed by atoms with Crippen molar-refractivity contribution in [2.75, 3.05) is 39.8 Å². The average molecular weight is 550 g/mol. The Hall–Kier alpha value is -1.93. The predicted molar refractivity (Wildman–Crippen MR) is 123 cm³/mol. The van der Waals surface area contributed by atoms with Gasteiger partial charge in [0, 0.05) is 51.1 Å². The zero-order valence-electron chi connectivity index (χ0n) is 17.0. The molecule has 0 bridgehead atoms. The average Bonchev–Trinajstić information content (AvgIpc) is 3.24. The van der Waals surface area contributed by atoms with Gasteiger partial charge in [-0.3, -0.25) is 0 Å². The minimum atomic E-state index is -3.43. The molecule has 1 fully saturated rings. The molecular weight excluding hydrogens is 523 g/mol. The molecule has 0 radical (unpaired) electrons. The minimum Gasteiger partial charge on any atom is -0.481 e. The van der Waals surface area contributed by atoms with Gasteiger partial charge in [-0.15, -0.1) is 24.0 Å². The molecule has 10 nitrogen and oxygen atoms in total. The summed E-state index contributed by atoms with van der Waals surface area (Å²) in [5, 5.41) is 6.97. The lowest BCUT2D eigenvalue weighted by Gasteiger charge is -2.35. The Morgan fingerprint density at radius 1 is 1.27 bits per heavy atom. The Labute approximate surface area is 193 Å². The van der Waals surface area contributed by atoms with E-state index in [1.54, 1.807) is 25.4 Å². The number of sulfonamides is 1. The molecular formula is C18H27IN6O4S. The molecule has 0 aliphatic carbocycles. The standard InChI is InChI=1S/C18H26N6O4S.HI/c1-3-19-18(21-13-15-4-5-17(27-2)20-12-15)23-7-9-24(10-8-23)29(25,26)14-16-6-11-28-22-16;/h4-6,11-12H,3,7-10,13-14H2,1-2H3,(H,19,21);1H. The van der Waals surface area contributed by atoms with Crippen LogP contribution in [-0.4, -0.2) is 73.6 Å². The van der Waals surface area contributed by atoms with E-state index in [1.165, 1.54) is 10.6 Å². The third-order valence-electron chi connectivity index (χ3n) is 4.51. The largest absolute Gasteiger partial charge is 0.481 e. The molecule has 1 N–H and O–H groups in total. The Bertz CT molecular complexity index is 897. The van der Waals surface area contributed by atoms with Gasteiger partial charge in [0.15, 0.2) is 5.96 Å². The second-order valence-corrected chi connectivity index (χ2v) is 8.48. The normalized spacial score (nSPS) is 15.5. The van der Waals surface area contributed by atoms with Crippen molar-refractivity contribution in [3.63, 3.8) is 0 Å². The van der Waals surface area contributed by atoms with E-state index in [1.807, 2.05) is 13.0 Å². The molecule has 0 atom stereocenters. The molecule has 1 aliphatic rings. The molecule has 30 heavy (non-hydrogen) atoms. The first-order valence-corrected chi connectivity index (χ1v) is 11.0. The Morgan fingerprint density at radius 3 is 2.60 bits per heavy atom. The molecule has 0 saturated carbocycles. The molecule has 0 amide bonds. The van der Waals surface area contributed by atoms with Crippen molar-refractivity contribution in [1.82, 2.24) is 24.7 Å². The van der Waals surface area contributed by atoms with Crippen LogP contribution in [0, 0.1) is 0 Å². The summed E-state index contributed by atoms with van der Waals surface area (Å²) in [5.41, 5.74) is 1.38. The van der Waals surface area contributed by atoms with Crippen LogP contribution in [0.15, 0.2) is 40.2 Å². The number of pyridine rings is 1. The summed E-state index contributed by atoms with van der Waals surface area (Å²) in [4.78, 5) is 10.9. The van der Waals surface area contributed by atoms with Crippen LogP contribution in [-0.2, 0) is 22.3 Å². The number of aromatic nitrogens is 2. The maximum Gasteiger partial charge on any atom is 0.220 e. The van der Waals surface area contributed by atoms with Crippen molar-refractivity contribution in [2.45, 2.75) is 19.2 Å². The van der Waals surface area contributed by atoms with Crippen LogP contribution in [0.25, 0.3) is 0 Å². The summed E-state index contributed by atoms with van der Waals surface area (Å²) < 4.78 is 36.4. The fourth-order valence-electron chi connectivity index (χ4n) is 2.99. The quantitative estimate of drug-likeness (QED) is 0.312. The van der Waals surface area contributed by atoms with Gasteiger partial charge in [0.1, 0.15) is 12.0 Å². The fraction of sp³-hybridized carbons (Fsp3) is 0.500. The number of halogens is 1. The van der Waals surface area contributed by atoms with Crippen LogP contribution in [0.5, 0.6) is 5.88 Å². The molecule has 2 aromatic rings. The van der Waals surface area contributed by atoms with E-state index in [-0.39, 0.29) is 29.7 Å². The summed E-state index contributed by atoms with van der Waals surface area (Å²) in [5.74, 6) is 1.17. The topological polar surface area (TPSA) is 113 Å². The van der Waals surface area contributed by atoms with E-state index < -0.39 is 10.0 Å². The lowest BCUT2D eigenvalue weighted by atomic mass is 10.3. The van der Waals surface area contributed by atoms with Crippen molar-refractivity contribution in [2.24, 2.45) is 4.99 Å². The van der Waals surface area contributed by atoms with Gasteiger partial charge >= 0.3 is 0 Å². The van der Waals surface area contributed by atoms with Crippen LogP contribution in [0.4, 0.5) is 0 Å². The van der Waals surface area contributed by atoms with E-state index >= 15 is 0 Å². The SMILES string of the molecule is CCNC(=NCc1ccc(OC)nc1)N1CCN(S(=O)(=O)Cc2ccon2)CC1.I.